The topological polar surface area (TPSA) is 135 Å². The van der Waals surface area contributed by atoms with Crippen molar-refractivity contribution in [1.29, 1.82) is 0 Å². The van der Waals surface area contributed by atoms with E-state index in [-0.39, 0.29) is 27.1 Å². The molecule has 2 bridgehead atoms. The van der Waals surface area contributed by atoms with Gasteiger partial charge in [-0.2, -0.15) is 4.98 Å². The molecule has 0 saturated heterocycles. The van der Waals surface area contributed by atoms with Crippen LogP contribution in [0, 0.1) is 11.2 Å². The molecule has 0 amide bonds. The number of benzene rings is 1. The average molecular weight is 567 g/mol. The van der Waals surface area contributed by atoms with Crippen LogP contribution in [-0.2, 0) is 18.5 Å². The molecule has 0 radical (unpaired) electrons. The zero-order valence-corrected chi connectivity index (χ0v) is 23.0. The number of aromatic carboxylic acids is 1. The van der Waals surface area contributed by atoms with E-state index in [9.17, 15) is 14.0 Å². The first-order valence-corrected chi connectivity index (χ1v) is 14.4. The first kappa shape index (κ1) is 26.4. The molecular formula is C28H31FN6O4S. The Bertz CT molecular complexity index is 1590. The summed E-state index contributed by atoms with van der Waals surface area (Å²) in [6.45, 7) is 3.45. The molecule has 3 heterocycles. The van der Waals surface area contributed by atoms with Gasteiger partial charge in [0.05, 0.1) is 12.8 Å². The maximum Gasteiger partial charge on any atom is 0.347 e. The molecule has 4 aromatic rings. The van der Waals surface area contributed by atoms with E-state index in [1.54, 1.807) is 16.7 Å². The minimum absolute atomic E-state index is 0.0341. The van der Waals surface area contributed by atoms with Gasteiger partial charge in [-0.3, -0.25) is 9.36 Å². The van der Waals surface area contributed by atoms with Crippen molar-refractivity contribution in [2.24, 2.45) is 5.41 Å². The summed E-state index contributed by atoms with van der Waals surface area (Å²) in [6.07, 6.45) is 7.75. The van der Waals surface area contributed by atoms with Crippen LogP contribution in [0.3, 0.4) is 0 Å². The number of imidazole rings is 1. The van der Waals surface area contributed by atoms with Gasteiger partial charge in [-0.1, -0.05) is 30.4 Å². The smallest absolute Gasteiger partial charge is 0.347 e. The molecule has 3 aliphatic carbocycles. The Labute approximate surface area is 233 Å². The van der Waals surface area contributed by atoms with E-state index < -0.39 is 5.97 Å². The molecule has 3 aromatic heterocycles. The lowest BCUT2D eigenvalue weighted by Crippen LogP contribution is -2.47. The third kappa shape index (κ3) is 4.85. The molecule has 0 aliphatic heterocycles. The van der Waals surface area contributed by atoms with Gasteiger partial charge in [0, 0.05) is 23.9 Å². The fraction of sp³-hybridized carbons (Fsp3) is 0.464. The number of anilines is 1. The number of H-pyrrole nitrogens is 1. The van der Waals surface area contributed by atoms with Gasteiger partial charge in [0.2, 0.25) is 5.95 Å². The van der Waals surface area contributed by atoms with Gasteiger partial charge in [-0.25, -0.2) is 19.2 Å². The number of carboxylic acids is 1. The maximum absolute atomic E-state index is 13.5. The van der Waals surface area contributed by atoms with Gasteiger partial charge >= 0.3 is 5.97 Å². The van der Waals surface area contributed by atoms with E-state index in [4.69, 9.17) is 19.8 Å². The second-order valence-electron chi connectivity index (χ2n) is 11.0. The quantitative estimate of drug-likeness (QED) is 0.241. The molecule has 210 valence electrons. The van der Waals surface area contributed by atoms with Crippen LogP contribution < -0.4 is 15.6 Å². The van der Waals surface area contributed by atoms with E-state index in [1.807, 2.05) is 6.92 Å². The van der Waals surface area contributed by atoms with Crippen LogP contribution in [-0.4, -0.2) is 42.2 Å². The van der Waals surface area contributed by atoms with E-state index in [0.717, 1.165) is 67.7 Å². The summed E-state index contributed by atoms with van der Waals surface area (Å²) in [5, 5.41) is 12.8. The monoisotopic (exact) mass is 566 g/mol. The number of nitrogens with zero attached hydrogens (tertiary/aromatic N) is 4. The molecular weight excluding hydrogens is 535 g/mol. The van der Waals surface area contributed by atoms with Gasteiger partial charge < -0.3 is 20.1 Å². The highest BCUT2D eigenvalue weighted by atomic mass is 32.1. The number of carboxylic acid groups (broad SMARTS) is 1. The molecule has 3 saturated carbocycles. The Morgan fingerprint density at radius 3 is 2.55 bits per heavy atom. The minimum atomic E-state index is -0.997. The number of ether oxygens (including phenoxy) is 1. The highest BCUT2D eigenvalue weighted by Gasteiger charge is 2.51. The fourth-order valence-corrected chi connectivity index (χ4v) is 6.66. The van der Waals surface area contributed by atoms with Crippen LogP contribution in [0.4, 0.5) is 10.3 Å². The van der Waals surface area contributed by atoms with Crippen LogP contribution in [0.2, 0.25) is 0 Å². The zero-order valence-electron chi connectivity index (χ0n) is 22.2. The summed E-state index contributed by atoms with van der Waals surface area (Å²) in [4.78, 5) is 41.9. The fourth-order valence-electron chi connectivity index (χ4n) is 6.06. The Morgan fingerprint density at radius 1 is 1.18 bits per heavy atom. The van der Waals surface area contributed by atoms with E-state index in [1.165, 1.54) is 18.3 Å². The molecule has 7 rings (SSSR count). The Kier molecular flexibility index (Phi) is 6.81. The minimum Gasteiger partial charge on any atom is -0.477 e. The molecule has 1 aromatic carbocycles. The second-order valence-corrected chi connectivity index (χ2v) is 12.0. The second kappa shape index (κ2) is 10.3. The molecule has 3 aliphatic rings. The first-order valence-electron chi connectivity index (χ1n) is 13.6. The molecule has 3 fully saturated rings. The number of hydrogen-bond donors (Lipinski definition) is 3. The predicted octanol–water partition coefficient (Wildman–Crippen LogP) is 5.11. The van der Waals surface area contributed by atoms with Crippen LogP contribution in [0.15, 0.2) is 35.3 Å². The lowest BCUT2D eigenvalue weighted by atomic mass is 9.53. The highest BCUT2D eigenvalue weighted by Crippen LogP contribution is 2.57. The van der Waals surface area contributed by atoms with Crippen molar-refractivity contribution in [1.82, 2.24) is 24.5 Å². The summed E-state index contributed by atoms with van der Waals surface area (Å²) >= 11 is 1.05. The third-order valence-electron chi connectivity index (χ3n) is 8.52. The van der Waals surface area contributed by atoms with Crippen molar-refractivity contribution in [3.8, 4) is 5.19 Å². The number of carbonyl (C=O) groups is 1. The lowest BCUT2D eigenvalue weighted by Gasteiger charge is -2.52. The van der Waals surface area contributed by atoms with Gasteiger partial charge in [0.1, 0.15) is 16.5 Å². The van der Waals surface area contributed by atoms with Gasteiger partial charge in [0.15, 0.2) is 11.2 Å². The van der Waals surface area contributed by atoms with E-state index in [2.05, 4.69) is 15.3 Å². The summed E-state index contributed by atoms with van der Waals surface area (Å²) in [5.41, 5.74) is 1.47. The highest BCUT2D eigenvalue weighted by molar-refractivity contribution is 7.15. The zero-order chi connectivity index (χ0) is 27.9. The van der Waals surface area contributed by atoms with Crippen molar-refractivity contribution < 1.29 is 19.0 Å². The summed E-state index contributed by atoms with van der Waals surface area (Å²) in [7, 11) is 0. The van der Waals surface area contributed by atoms with Gasteiger partial charge in [-0.05, 0) is 62.6 Å². The normalized spacial score (nSPS) is 22.1. The van der Waals surface area contributed by atoms with Gasteiger partial charge in [0.25, 0.3) is 10.8 Å². The molecule has 0 unspecified atom stereocenters. The Morgan fingerprint density at radius 2 is 1.90 bits per heavy atom. The maximum atomic E-state index is 13.5. The number of fused-ring (bicyclic) bond motifs is 4. The summed E-state index contributed by atoms with van der Waals surface area (Å²) in [5.74, 6) is -0.0103. The third-order valence-corrected chi connectivity index (χ3v) is 9.42. The summed E-state index contributed by atoms with van der Waals surface area (Å²) < 4.78 is 20.9. The molecule has 10 nitrogen and oxygen atoms in total. The molecule has 40 heavy (non-hydrogen) atoms. The van der Waals surface area contributed by atoms with Crippen molar-refractivity contribution in [3.05, 3.63) is 62.9 Å². The number of aromatic amines is 1. The van der Waals surface area contributed by atoms with E-state index >= 15 is 0 Å². The van der Waals surface area contributed by atoms with Crippen LogP contribution in [0.25, 0.3) is 11.2 Å². The standard InChI is InChI=1S/C28H31FN6O4S/c1-2-13-35-22(36)20-21(34-25(35)30-14-17-3-5-18(29)6-4-17)33-24(32-20)28-10-7-27(8-11-28,9-12-28)16-39-26-31-15-19(40-26)23(37)38/h3-6,15H,2,7-14,16H2,1H3,(H,30,34)(H,32,33)(H,37,38). The van der Waals surface area contributed by atoms with Crippen molar-refractivity contribution in [2.45, 2.75) is 70.4 Å². The van der Waals surface area contributed by atoms with Crippen molar-refractivity contribution in [2.75, 3.05) is 11.9 Å². The molecule has 12 heteroatoms. The van der Waals surface area contributed by atoms with Crippen LogP contribution >= 0.6 is 11.3 Å². The number of hydrogen-bond acceptors (Lipinski definition) is 8. The number of rotatable bonds is 10. The Hall–Kier alpha value is -3.80. The average Bonchev–Trinajstić information content (AvgIpc) is 3.63. The largest absolute Gasteiger partial charge is 0.477 e. The molecule has 0 atom stereocenters. The van der Waals surface area contributed by atoms with E-state index in [0.29, 0.717) is 42.0 Å². The Balaban J connectivity index is 1.20. The SMILES string of the molecule is CCCn1c(NCc2ccc(F)cc2)nc2nc(C34CCC(COc5ncc(C(=O)O)s5)(CC3)CC4)[nH]c2c1=O. The van der Waals surface area contributed by atoms with Crippen LogP contribution in [0.5, 0.6) is 5.19 Å². The van der Waals surface area contributed by atoms with Crippen molar-refractivity contribution in [3.63, 3.8) is 0 Å². The lowest BCUT2D eigenvalue weighted by molar-refractivity contribution is -0.00145. The summed E-state index contributed by atoms with van der Waals surface area (Å²) in [6, 6.07) is 6.23. The molecule has 3 N–H and O–H groups in total. The van der Waals surface area contributed by atoms with Gasteiger partial charge in [-0.15, -0.1) is 0 Å². The molecule has 0 spiro atoms. The van der Waals surface area contributed by atoms with Crippen molar-refractivity contribution >= 4 is 34.4 Å². The number of thiazole rings is 1. The first-order chi connectivity index (χ1) is 19.3. The number of aromatic nitrogens is 5. The predicted molar refractivity (Wildman–Crippen MR) is 149 cm³/mol. The number of halogens is 1. The number of nitrogens with one attached hydrogen (secondary N) is 2. The van der Waals surface area contributed by atoms with Crippen LogP contribution in [0.1, 0.15) is 72.9 Å².